The zero-order chi connectivity index (χ0) is 16.7. The molecule has 0 radical (unpaired) electrons. The van der Waals surface area contributed by atoms with Crippen molar-refractivity contribution in [3.8, 4) is 0 Å². The van der Waals surface area contributed by atoms with Crippen molar-refractivity contribution in [2.24, 2.45) is 7.05 Å². The Kier molecular flexibility index (Phi) is 4.19. The summed E-state index contributed by atoms with van der Waals surface area (Å²) in [5, 5.41) is 7.22. The summed E-state index contributed by atoms with van der Waals surface area (Å²) in [7, 11) is -2.04. The van der Waals surface area contributed by atoms with E-state index in [1.54, 1.807) is 14.0 Å². The first-order valence-corrected chi connectivity index (χ1v) is 8.47. The predicted molar refractivity (Wildman–Crippen MR) is 82.6 cm³/mol. The number of hydrogen-bond acceptors (Lipinski definition) is 5. The van der Waals surface area contributed by atoms with Gasteiger partial charge in [0.15, 0.2) is 5.78 Å². The average Bonchev–Trinajstić information content (AvgIpc) is 2.81. The SMILES string of the molecule is CC(=O)c1c(C)cc(C)c(CS(=O)(=O)c2nncn2C)c1C. The van der Waals surface area contributed by atoms with Crippen LogP contribution in [0.3, 0.4) is 0 Å². The fraction of sp³-hybridized carbons (Fsp3) is 0.400. The number of ketones is 1. The second-order valence-corrected chi connectivity index (χ2v) is 7.41. The van der Waals surface area contributed by atoms with Crippen molar-refractivity contribution in [3.05, 3.63) is 40.2 Å². The highest BCUT2D eigenvalue weighted by Crippen LogP contribution is 2.26. The number of Topliss-reactive ketones (excluding diaryl/α,β-unsaturated/α-hetero) is 1. The number of benzene rings is 1. The summed E-state index contributed by atoms with van der Waals surface area (Å²) in [6, 6.07) is 1.85. The van der Waals surface area contributed by atoms with E-state index in [1.807, 2.05) is 19.9 Å². The van der Waals surface area contributed by atoms with Crippen molar-refractivity contribution in [2.75, 3.05) is 0 Å². The Balaban J connectivity index is 2.58. The van der Waals surface area contributed by atoms with Crippen LogP contribution in [0.1, 0.15) is 39.5 Å². The fourth-order valence-corrected chi connectivity index (χ4v) is 4.41. The number of aromatic nitrogens is 3. The first-order valence-electron chi connectivity index (χ1n) is 6.82. The molecule has 0 aliphatic carbocycles. The van der Waals surface area contributed by atoms with Crippen LogP contribution in [0.5, 0.6) is 0 Å². The van der Waals surface area contributed by atoms with Crippen LogP contribution in [0, 0.1) is 20.8 Å². The molecule has 7 heteroatoms. The molecule has 1 aromatic heterocycles. The molecule has 6 nitrogen and oxygen atoms in total. The van der Waals surface area contributed by atoms with E-state index in [-0.39, 0.29) is 16.7 Å². The van der Waals surface area contributed by atoms with Gasteiger partial charge < -0.3 is 4.57 Å². The molecule has 0 aliphatic rings. The lowest BCUT2D eigenvalue weighted by Crippen LogP contribution is -2.14. The second kappa shape index (κ2) is 5.64. The summed E-state index contributed by atoms with van der Waals surface area (Å²) in [4.78, 5) is 11.8. The molecule has 0 spiro atoms. The van der Waals surface area contributed by atoms with E-state index in [0.29, 0.717) is 11.1 Å². The van der Waals surface area contributed by atoms with E-state index >= 15 is 0 Å². The molecule has 0 fully saturated rings. The molecular weight excluding hydrogens is 302 g/mol. The predicted octanol–water partition coefficient (Wildman–Crippen LogP) is 1.92. The smallest absolute Gasteiger partial charge is 0.249 e. The number of hydrogen-bond donors (Lipinski definition) is 0. The monoisotopic (exact) mass is 321 g/mol. The highest BCUT2D eigenvalue weighted by Gasteiger charge is 2.24. The average molecular weight is 321 g/mol. The Bertz CT molecular complexity index is 851. The van der Waals surface area contributed by atoms with E-state index in [1.165, 1.54) is 17.8 Å². The minimum absolute atomic E-state index is 0.0627. The zero-order valence-electron chi connectivity index (χ0n) is 13.3. The molecule has 118 valence electrons. The molecular formula is C15H19N3O3S. The highest BCUT2D eigenvalue weighted by atomic mass is 32.2. The lowest BCUT2D eigenvalue weighted by molar-refractivity contribution is 0.101. The number of carbonyl (C=O) groups is 1. The van der Waals surface area contributed by atoms with Crippen molar-refractivity contribution >= 4 is 15.6 Å². The molecule has 0 unspecified atom stereocenters. The zero-order valence-corrected chi connectivity index (χ0v) is 14.2. The Hall–Kier alpha value is -2.02. The van der Waals surface area contributed by atoms with E-state index in [2.05, 4.69) is 10.2 Å². The molecule has 0 amide bonds. The number of sulfone groups is 1. The standard InChI is InChI=1S/C15H19N3O3S/c1-9-6-10(2)14(12(4)19)11(3)13(9)7-22(20,21)15-17-16-8-18(15)5/h6,8H,7H2,1-5H3. The third kappa shape index (κ3) is 2.81. The first kappa shape index (κ1) is 16.4. The maximum atomic E-state index is 12.5. The third-order valence-corrected chi connectivity index (χ3v) is 5.36. The van der Waals surface area contributed by atoms with Crippen LogP contribution in [0.4, 0.5) is 0 Å². The largest absolute Gasteiger partial charge is 0.308 e. The molecule has 2 aromatic rings. The van der Waals surface area contributed by atoms with Crippen LogP contribution >= 0.6 is 0 Å². The molecule has 0 N–H and O–H groups in total. The van der Waals surface area contributed by atoms with Gasteiger partial charge in [-0.3, -0.25) is 4.79 Å². The van der Waals surface area contributed by atoms with Crippen molar-refractivity contribution in [3.63, 3.8) is 0 Å². The molecule has 0 saturated carbocycles. The van der Waals surface area contributed by atoms with Gasteiger partial charge in [0.2, 0.25) is 15.0 Å². The van der Waals surface area contributed by atoms with Gasteiger partial charge in [-0.2, -0.15) is 0 Å². The minimum Gasteiger partial charge on any atom is -0.308 e. The van der Waals surface area contributed by atoms with Crippen LogP contribution in [0.2, 0.25) is 0 Å². The van der Waals surface area contributed by atoms with E-state index in [4.69, 9.17) is 0 Å². The minimum atomic E-state index is -3.62. The van der Waals surface area contributed by atoms with Crippen LogP contribution in [0.15, 0.2) is 17.6 Å². The van der Waals surface area contributed by atoms with Gasteiger partial charge in [0.1, 0.15) is 6.33 Å². The van der Waals surface area contributed by atoms with Gasteiger partial charge in [0.25, 0.3) is 0 Å². The Labute approximate surface area is 130 Å². The molecule has 22 heavy (non-hydrogen) atoms. The number of aryl methyl sites for hydroxylation is 3. The van der Waals surface area contributed by atoms with Gasteiger partial charge in [0.05, 0.1) is 5.75 Å². The molecule has 1 aromatic carbocycles. The Morgan fingerprint density at radius 1 is 1.23 bits per heavy atom. The van der Waals surface area contributed by atoms with E-state index in [9.17, 15) is 13.2 Å². The molecule has 0 atom stereocenters. The lowest BCUT2D eigenvalue weighted by atomic mass is 9.92. The van der Waals surface area contributed by atoms with Crippen LogP contribution < -0.4 is 0 Å². The van der Waals surface area contributed by atoms with Crippen molar-refractivity contribution in [1.82, 2.24) is 14.8 Å². The number of rotatable bonds is 4. The molecule has 2 rings (SSSR count). The van der Waals surface area contributed by atoms with Crippen LogP contribution in [-0.2, 0) is 22.6 Å². The van der Waals surface area contributed by atoms with Crippen molar-refractivity contribution < 1.29 is 13.2 Å². The summed E-state index contributed by atoms with van der Waals surface area (Å²) in [6.07, 6.45) is 1.35. The Morgan fingerprint density at radius 3 is 2.36 bits per heavy atom. The van der Waals surface area contributed by atoms with Crippen LogP contribution in [-0.4, -0.2) is 29.0 Å². The lowest BCUT2D eigenvalue weighted by Gasteiger charge is -2.15. The Morgan fingerprint density at radius 2 is 1.86 bits per heavy atom. The highest BCUT2D eigenvalue weighted by molar-refractivity contribution is 7.90. The van der Waals surface area contributed by atoms with Gasteiger partial charge >= 0.3 is 0 Å². The summed E-state index contributed by atoms with van der Waals surface area (Å²) in [5.41, 5.74) is 3.68. The van der Waals surface area contributed by atoms with Crippen LogP contribution in [0.25, 0.3) is 0 Å². The third-order valence-electron chi connectivity index (χ3n) is 3.77. The normalized spacial score (nSPS) is 11.7. The van der Waals surface area contributed by atoms with E-state index < -0.39 is 9.84 Å². The van der Waals surface area contributed by atoms with Gasteiger partial charge in [-0.25, -0.2) is 8.42 Å². The number of nitrogens with zero attached hydrogens (tertiary/aromatic N) is 3. The second-order valence-electron chi connectivity index (χ2n) is 5.53. The number of carbonyl (C=O) groups excluding carboxylic acids is 1. The maximum Gasteiger partial charge on any atom is 0.249 e. The molecule has 0 bridgehead atoms. The summed E-state index contributed by atoms with van der Waals surface area (Å²) in [5.74, 6) is -0.259. The van der Waals surface area contributed by atoms with Gasteiger partial charge in [-0.15, -0.1) is 10.2 Å². The van der Waals surface area contributed by atoms with Crippen molar-refractivity contribution in [2.45, 2.75) is 38.6 Å². The van der Waals surface area contributed by atoms with Gasteiger partial charge in [0, 0.05) is 12.6 Å². The summed E-state index contributed by atoms with van der Waals surface area (Å²) >= 11 is 0. The first-order chi connectivity index (χ1) is 10.1. The maximum absolute atomic E-state index is 12.5. The fourth-order valence-electron chi connectivity index (χ4n) is 2.80. The molecule has 0 saturated heterocycles. The molecule has 1 heterocycles. The van der Waals surface area contributed by atoms with Crippen molar-refractivity contribution in [1.29, 1.82) is 0 Å². The summed E-state index contributed by atoms with van der Waals surface area (Å²) < 4.78 is 26.5. The van der Waals surface area contributed by atoms with Gasteiger partial charge in [-0.1, -0.05) is 6.07 Å². The summed E-state index contributed by atoms with van der Waals surface area (Å²) in [6.45, 7) is 6.99. The topological polar surface area (TPSA) is 81.9 Å². The van der Waals surface area contributed by atoms with E-state index in [0.717, 1.165) is 16.7 Å². The molecule has 0 aliphatic heterocycles. The van der Waals surface area contributed by atoms with Gasteiger partial charge in [-0.05, 0) is 49.9 Å². The quantitative estimate of drug-likeness (QED) is 0.804.